The van der Waals surface area contributed by atoms with Crippen molar-refractivity contribution in [3.05, 3.63) is 241 Å². The molecule has 12 rings (SSSR count). The molecule has 516 valence electrons. The first-order chi connectivity index (χ1) is 47.2. The van der Waals surface area contributed by atoms with Crippen molar-refractivity contribution in [2.75, 3.05) is 0 Å². The standard InChI is InChI=1S/C16H18O2S.C13H12O2S.C12H9BrO2S.C12H8Cl2O2S.2C12H9ClO2S/c1-10(17)13-9-19-15(14(13)18)11-5-7-12(8-6-11)16(2,3)4;1-8-3-5-10(6-4-8)13-12(15)11(7-16-13)9(2)14;1-7(14)10-6-16-12(11(10)15)8-2-4-9(13)5-3-8;1-6(15)8-5-17-12(11(8)16)7-2-3-9(13)10(14)4-7;1-7(14)10-6-16-12(11(10)15)8-2-4-9(13)5-3-8;1-7(14)10-6-16-12(11(10)15)8-3-2-4-9(13)5-8/h5-9,18H,1-4H3;3-7,15H,1-2H3;2-6,15H,1H3;2-5,16H,1H3;2*2-6,15H,1H3. The molecule has 0 saturated carbocycles. The maximum absolute atomic E-state index is 11.3. The molecule has 0 aliphatic heterocycles. The highest BCUT2D eigenvalue weighted by Gasteiger charge is 2.22. The van der Waals surface area contributed by atoms with Gasteiger partial charge in [0.1, 0.15) is 34.5 Å². The third kappa shape index (κ3) is 20.4. The van der Waals surface area contributed by atoms with E-state index < -0.39 is 0 Å². The zero-order chi connectivity index (χ0) is 73.6. The van der Waals surface area contributed by atoms with Crippen molar-refractivity contribution in [2.24, 2.45) is 0 Å². The summed E-state index contributed by atoms with van der Waals surface area (Å²) < 4.78 is 0.985. The third-order valence-electron chi connectivity index (χ3n) is 14.7. The van der Waals surface area contributed by atoms with Gasteiger partial charge in [-0.1, -0.05) is 180 Å². The van der Waals surface area contributed by atoms with Crippen LogP contribution in [0, 0.1) is 6.92 Å². The van der Waals surface area contributed by atoms with Crippen molar-refractivity contribution in [3.8, 4) is 97.1 Å². The number of carbonyl (C=O) groups is 6. The van der Waals surface area contributed by atoms with Crippen LogP contribution in [0.1, 0.15) is 136 Å². The lowest BCUT2D eigenvalue weighted by Gasteiger charge is -2.19. The summed E-state index contributed by atoms with van der Waals surface area (Å²) in [7, 11) is 0. The Labute approximate surface area is 631 Å². The van der Waals surface area contributed by atoms with Gasteiger partial charge in [-0.15, -0.1) is 68.0 Å². The zero-order valence-electron chi connectivity index (χ0n) is 55.2. The minimum Gasteiger partial charge on any atom is -0.506 e. The number of thiophene rings is 6. The smallest absolute Gasteiger partial charge is 0.164 e. The first kappa shape index (κ1) is 79.3. The Kier molecular flexibility index (Phi) is 28.2. The monoisotopic (exact) mass is 1590 g/mol. The second-order valence-corrected chi connectivity index (χ2v) is 31.0. The Morgan fingerprint density at radius 2 is 0.600 bits per heavy atom. The molecule has 0 unspecified atom stereocenters. The predicted molar refractivity (Wildman–Crippen MR) is 420 cm³/mol. The second kappa shape index (κ2) is 35.5. The SMILES string of the molecule is CC(=O)c1csc(-c2ccc(Br)cc2)c1O.CC(=O)c1csc(-c2ccc(C(C)(C)C)cc2)c1O.CC(=O)c1csc(-c2ccc(C)cc2)c1O.CC(=O)c1csc(-c2ccc(Cl)c(Cl)c2)c1O.CC(=O)c1csc(-c2ccc(Cl)cc2)c1O.CC(=O)c1csc(-c2cccc(Cl)c2)c1O. The molecule has 23 heteroatoms. The number of ketones is 6. The molecule has 100 heavy (non-hydrogen) atoms. The summed E-state index contributed by atoms with van der Waals surface area (Å²) >= 11 is 34.9. The van der Waals surface area contributed by atoms with Gasteiger partial charge < -0.3 is 30.6 Å². The van der Waals surface area contributed by atoms with Gasteiger partial charge in [0.2, 0.25) is 0 Å². The lowest BCUT2D eigenvalue weighted by Crippen LogP contribution is -2.10. The van der Waals surface area contributed by atoms with E-state index in [1.165, 1.54) is 121 Å². The Balaban J connectivity index is 0.000000169. The number of carbonyl (C=O) groups excluding carboxylic acids is 6. The van der Waals surface area contributed by atoms with Crippen molar-refractivity contribution < 1.29 is 59.4 Å². The molecular formula is C77H65BrCl4O12S6. The van der Waals surface area contributed by atoms with Gasteiger partial charge in [-0.3, -0.25) is 28.8 Å². The van der Waals surface area contributed by atoms with Crippen LogP contribution in [0.25, 0.3) is 62.6 Å². The molecule has 0 aliphatic rings. The molecule has 0 spiro atoms. The number of benzene rings is 6. The van der Waals surface area contributed by atoms with Gasteiger partial charge in [-0.05, 0) is 141 Å². The van der Waals surface area contributed by atoms with E-state index in [4.69, 9.17) is 46.4 Å². The van der Waals surface area contributed by atoms with Gasteiger partial charge in [0.25, 0.3) is 0 Å². The summed E-state index contributed by atoms with van der Waals surface area (Å²) in [5, 5.41) is 71.8. The largest absolute Gasteiger partial charge is 0.506 e. The van der Waals surface area contributed by atoms with Crippen LogP contribution < -0.4 is 0 Å². The molecule has 6 N–H and O–H groups in total. The minimum absolute atomic E-state index is 0.000823. The van der Waals surface area contributed by atoms with Crippen LogP contribution in [0.4, 0.5) is 0 Å². The van der Waals surface area contributed by atoms with Gasteiger partial charge in [0, 0.05) is 46.8 Å². The predicted octanol–water partition coefficient (Wildman–Crippen LogP) is 24.9. The molecule has 6 heterocycles. The van der Waals surface area contributed by atoms with Crippen LogP contribution in [0.2, 0.25) is 20.1 Å². The average Bonchev–Trinajstić information content (AvgIpc) is 1.62. The number of Topliss-reactive ketones (excluding diaryl/α,β-unsaturated/α-hetero) is 6. The molecule has 0 fully saturated rings. The van der Waals surface area contributed by atoms with Crippen LogP contribution in [-0.2, 0) is 5.41 Å². The molecule has 6 aromatic carbocycles. The van der Waals surface area contributed by atoms with Crippen LogP contribution in [0.5, 0.6) is 34.5 Å². The molecular weight excluding hydrogens is 1530 g/mol. The highest BCUT2D eigenvalue weighted by Crippen LogP contribution is 2.45. The fourth-order valence-electron chi connectivity index (χ4n) is 9.13. The van der Waals surface area contributed by atoms with Gasteiger partial charge in [0.15, 0.2) is 34.7 Å². The molecule has 0 aliphatic carbocycles. The Bertz CT molecular complexity index is 4680. The molecule has 0 radical (unpaired) electrons. The summed E-state index contributed by atoms with van der Waals surface area (Å²) in [6.07, 6.45) is 0. The highest BCUT2D eigenvalue weighted by atomic mass is 79.9. The Hall–Kier alpha value is -8.02. The number of aryl methyl sites for hydroxylation is 1. The molecule has 0 atom stereocenters. The number of rotatable bonds is 12. The van der Waals surface area contributed by atoms with Crippen LogP contribution in [0.15, 0.2) is 176 Å². The fourth-order valence-corrected chi connectivity index (χ4v) is 16.0. The molecule has 0 amide bonds. The Morgan fingerprint density at radius 3 is 0.880 bits per heavy atom. The molecule has 6 aromatic heterocycles. The van der Waals surface area contributed by atoms with Crippen molar-refractivity contribution in [2.45, 2.75) is 74.7 Å². The molecule has 0 bridgehead atoms. The molecule has 12 aromatic rings. The van der Waals surface area contributed by atoms with E-state index in [2.05, 4.69) is 48.8 Å². The maximum Gasteiger partial charge on any atom is 0.164 e. The quantitative estimate of drug-likeness (QED) is 0.0629. The van der Waals surface area contributed by atoms with Crippen molar-refractivity contribution in [1.29, 1.82) is 0 Å². The molecule has 0 saturated heterocycles. The minimum atomic E-state index is -0.162. The number of hydrogen-bond acceptors (Lipinski definition) is 18. The van der Waals surface area contributed by atoms with E-state index in [1.807, 2.05) is 91.9 Å². The number of halogens is 5. The topological polar surface area (TPSA) is 224 Å². The second-order valence-electron chi connectivity index (χ2n) is 23.1. The maximum atomic E-state index is 11.3. The van der Waals surface area contributed by atoms with E-state index in [0.717, 1.165) is 52.5 Å². The highest BCUT2D eigenvalue weighted by molar-refractivity contribution is 9.10. The van der Waals surface area contributed by atoms with Crippen molar-refractivity contribution >= 4 is 165 Å². The van der Waals surface area contributed by atoms with Gasteiger partial charge in [-0.2, -0.15) is 0 Å². The lowest BCUT2D eigenvalue weighted by atomic mass is 9.86. The first-order valence-electron chi connectivity index (χ1n) is 30.0. The summed E-state index contributed by atoms with van der Waals surface area (Å²) in [5.41, 5.74) is 10.0. The fraction of sp³-hybridized carbons (Fsp3) is 0.143. The van der Waals surface area contributed by atoms with Crippen LogP contribution in [0.3, 0.4) is 0 Å². The van der Waals surface area contributed by atoms with Gasteiger partial charge >= 0.3 is 0 Å². The summed E-state index contributed by atoms with van der Waals surface area (Å²) in [6, 6.07) is 43.0. The summed E-state index contributed by atoms with van der Waals surface area (Å²) in [5.74, 6) is -0.376. The van der Waals surface area contributed by atoms with Crippen LogP contribution >= 0.6 is 130 Å². The Morgan fingerprint density at radius 1 is 0.330 bits per heavy atom. The van der Waals surface area contributed by atoms with Crippen LogP contribution in [-0.4, -0.2) is 65.3 Å². The van der Waals surface area contributed by atoms with Crippen molar-refractivity contribution in [1.82, 2.24) is 0 Å². The molecule has 12 nitrogen and oxygen atoms in total. The van der Waals surface area contributed by atoms with E-state index >= 15 is 0 Å². The van der Waals surface area contributed by atoms with Gasteiger partial charge in [0.05, 0.1) is 72.7 Å². The van der Waals surface area contributed by atoms with Gasteiger partial charge in [-0.25, -0.2) is 0 Å². The number of hydrogen-bond donors (Lipinski definition) is 6. The average molecular weight is 1600 g/mol. The first-order valence-corrected chi connectivity index (χ1v) is 37.6. The van der Waals surface area contributed by atoms with E-state index in [1.54, 1.807) is 74.7 Å². The number of aromatic hydroxyl groups is 6. The summed E-state index contributed by atoms with van der Waals surface area (Å²) in [4.78, 5) is 71.6. The lowest BCUT2D eigenvalue weighted by molar-refractivity contribution is 0.100. The van der Waals surface area contributed by atoms with E-state index in [-0.39, 0.29) is 74.6 Å². The summed E-state index contributed by atoms with van der Waals surface area (Å²) in [6.45, 7) is 17.2. The van der Waals surface area contributed by atoms with E-state index in [9.17, 15) is 59.4 Å². The third-order valence-corrected chi connectivity index (χ3v) is 22.5. The van der Waals surface area contributed by atoms with Crippen molar-refractivity contribution in [3.63, 3.8) is 0 Å². The normalized spacial score (nSPS) is 10.6. The van der Waals surface area contributed by atoms with E-state index in [0.29, 0.717) is 68.1 Å². The zero-order valence-corrected chi connectivity index (χ0v) is 64.7.